The Balaban J connectivity index is 2.00. The van der Waals surface area contributed by atoms with E-state index in [1.807, 2.05) is 0 Å². The number of hydrogen-bond acceptors (Lipinski definition) is 3. The van der Waals surface area contributed by atoms with Gasteiger partial charge in [0.1, 0.15) is 6.10 Å². The number of ether oxygens (including phenoxy) is 1. The molecule has 5 atom stereocenters. The van der Waals surface area contributed by atoms with E-state index >= 15 is 0 Å². The molecule has 0 amide bonds. The van der Waals surface area contributed by atoms with Crippen molar-refractivity contribution in [1.82, 2.24) is 0 Å². The van der Waals surface area contributed by atoms with Crippen molar-refractivity contribution in [2.75, 3.05) is 0 Å². The fraction of sp³-hybridized carbons (Fsp3) is 0.667. The predicted molar refractivity (Wildman–Crippen MR) is 67.7 cm³/mol. The molecule has 0 radical (unpaired) electrons. The second-order valence-corrected chi connectivity index (χ2v) is 6.24. The third-order valence-corrected chi connectivity index (χ3v) is 5.32. The standard InChI is InChI=1S/C15H20O3/c1-8-4-5-11(16)15(3)7-6-10-9(2)14(17)18-13(10)12(8)15/h10-13,16H,1-2,4-7H2,3H3/t10-,11+,12+,13+,15-/m1/s1. The van der Waals surface area contributed by atoms with Gasteiger partial charge in [-0.25, -0.2) is 4.79 Å². The first kappa shape index (κ1) is 12.0. The van der Waals surface area contributed by atoms with Crippen LogP contribution in [0.3, 0.4) is 0 Å². The van der Waals surface area contributed by atoms with Gasteiger partial charge in [-0.1, -0.05) is 25.7 Å². The molecule has 0 aromatic heterocycles. The van der Waals surface area contributed by atoms with Crippen LogP contribution in [-0.4, -0.2) is 23.3 Å². The van der Waals surface area contributed by atoms with Gasteiger partial charge in [-0.05, 0) is 25.7 Å². The van der Waals surface area contributed by atoms with E-state index < -0.39 is 0 Å². The maximum Gasteiger partial charge on any atom is 0.334 e. The lowest BCUT2D eigenvalue weighted by Crippen LogP contribution is -2.53. The Morgan fingerprint density at radius 2 is 2.11 bits per heavy atom. The van der Waals surface area contributed by atoms with E-state index in [1.165, 1.54) is 0 Å². The molecule has 18 heavy (non-hydrogen) atoms. The summed E-state index contributed by atoms with van der Waals surface area (Å²) in [5.41, 5.74) is 1.54. The molecular weight excluding hydrogens is 228 g/mol. The minimum absolute atomic E-state index is 0.0863. The highest BCUT2D eigenvalue weighted by atomic mass is 16.6. The third-order valence-electron chi connectivity index (χ3n) is 5.32. The van der Waals surface area contributed by atoms with Crippen molar-refractivity contribution < 1.29 is 14.6 Å². The van der Waals surface area contributed by atoms with Crippen molar-refractivity contribution >= 4 is 5.97 Å². The number of carbonyl (C=O) groups is 1. The topological polar surface area (TPSA) is 46.5 Å². The number of carbonyl (C=O) groups excluding carboxylic acids is 1. The van der Waals surface area contributed by atoms with Crippen LogP contribution in [0.2, 0.25) is 0 Å². The van der Waals surface area contributed by atoms with Crippen LogP contribution in [0.1, 0.15) is 32.6 Å². The first-order valence-electron chi connectivity index (χ1n) is 6.70. The molecule has 1 aliphatic heterocycles. The Labute approximate surface area is 108 Å². The predicted octanol–water partition coefficient (Wildman–Crippen LogP) is 2.21. The molecule has 3 nitrogen and oxygen atoms in total. The molecule has 3 heteroatoms. The van der Waals surface area contributed by atoms with E-state index in [1.54, 1.807) is 0 Å². The third kappa shape index (κ3) is 1.37. The summed E-state index contributed by atoms with van der Waals surface area (Å²) in [6.07, 6.45) is 2.93. The summed E-state index contributed by atoms with van der Waals surface area (Å²) in [6, 6.07) is 0. The molecule has 0 bridgehead atoms. The lowest BCUT2D eigenvalue weighted by Gasteiger charge is -2.52. The monoisotopic (exact) mass is 248 g/mol. The van der Waals surface area contributed by atoms with E-state index in [9.17, 15) is 9.90 Å². The Bertz CT molecular complexity index is 439. The molecule has 3 aliphatic rings. The molecule has 0 unspecified atom stereocenters. The SMILES string of the molecule is C=C1C(=O)O[C@H]2[C@@H]1CC[C@]1(C)[C@@H](O)CCC(=C)[C@@H]21. The smallest absolute Gasteiger partial charge is 0.334 e. The summed E-state index contributed by atoms with van der Waals surface area (Å²) < 4.78 is 5.52. The number of aliphatic hydroxyl groups is 1. The van der Waals surface area contributed by atoms with Gasteiger partial charge in [0.15, 0.2) is 0 Å². The normalized spacial score (nSPS) is 47.6. The second-order valence-electron chi connectivity index (χ2n) is 6.24. The van der Waals surface area contributed by atoms with Gasteiger partial charge in [-0.15, -0.1) is 0 Å². The van der Waals surface area contributed by atoms with Gasteiger partial charge in [0.05, 0.1) is 6.10 Å². The molecule has 1 heterocycles. The van der Waals surface area contributed by atoms with Gasteiger partial charge in [0, 0.05) is 22.8 Å². The van der Waals surface area contributed by atoms with Crippen molar-refractivity contribution in [2.45, 2.75) is 44.8 Å². The fourth-order valence-electron chi connectivity index (χ4n) is 4.15. The number of hydrogen-bond donors (Lipinski definition) is 1. The highest BCUT2D eigenvalue weighted by Gasteiger charge is 2.57. The molecule has 1 N–H and O–H groups in total. The molecule has 1 saturated heterocycles. The zero-order valence-electron chi connectivity index (χ0n) is 10.8. The molecule has 2 saturated carbocycles. The van der Waals surface area contributed by atoms with Crippen LogP contribution in [0.15, 0.2) is 24.3 Å². The van der Waals surface area contributed by atoms with Crippen molar-refractivity contribution in [1.29, 1.82) is 0 Å². The molecule has 0 spiro atoms. The van der Waals surface area contributed by atoms with Crippen LogP contribution in [0, 0.1) is 17.3 Å². The molecule has 3 rings (SSSR count). The number of aliphatic hydroxyl groups excluding tert-OH is 1. The Morgan fingerprint density at radius 1 is 1.39 bits per heavy atom. The van der Waals surface area contributed by atoms with Crippen LogP contribution >= 0.6 is 0 Å². The van der Waals surface area contributed by atoms with Crippen molar-refractivity contribution in [3.8, 4) is 0 Å². The summed E-state index contributed by atoms with van der Waals surface area (Å²) >= 11 is 0. The van der Waals surface area contributed by atoms with Gasteiger partial charge >= 0.3 is 5.97 Å². The van der Waals surface area contributed by atoms with Gasteiger partial charge < -0.3 is 9.84 Å². The minimum Gasteiger partial charge on any atom is -0.458 e. The number of rotatable bonds is 0. The summed E-state index contributed by atoms with van der Waals surface area (Å²) in [7, 11) is 0. The zero-order valence-corrected chi connectivity index (χ0v) is 10.8. The Morgan fingerprint density at radius 3 is 2.83 bits per heavy atom. The molecule has 0 aromatic carbocycles. The molecular formula is C15H20O3. The van der Waals surface area contributed by atoms with E-state index in [0.717, 1.165) is 31.3 Å². The van der Waals surface area contributed by atoms with Gasteiger partial charge in [0.2, 0.25) is 0 Å². The van der Waals surface area contributed by atoms with Crippen LogP contribution in [0.25, 0.3) is 0 Å². The number of esters is 1. The van der Waals surface area contributed by atoms with Crippen LogP contribution in [0.5, 0.6) is 0 Å². The highest BCUT2D eigenvalue weighted by molar-refractivity contribution is 5.91. The highest BCUT2D eigenvalue weighted by Crippen LogP contribution is 2.57. The van der Waals surface area contributed by atoms with E-state index in [4.69, 9.17) is 4.74 Å². The summed E-state index contributed by atoms with van der Waals surface area (Å²) in [6.45, 7) is 10.1. The first-order valence-corrected chi connectivity index (χ1v) is 6.70. The second kappa shape index (κ2) is 3.70. The van der Waals surface area contributed by atoms with Gasteiger partial charge in [-0.2, -0.15) is 0 Å². The van der Waals surface area contributed by atoms with E-state index in [0.29, 0.717) is 5.57 Å². The minimum atomic E-state index is -0.318. The van der Waals surface area contributed by atoms with Crippen LogP contribution in [0.4, 0.5) is 0 Å². The number of fused-ring (bicyclic) bond motifs is 3. The summed E-state index contributed by atoms with van der Waals surface area (Å²) in [4.78, 5) is 11.7. The van der Waals surface area contributed by atoms with E-state index in [-0.39, 0.29) is 35.4 Å². The average molecular weight is 248 g/mol. The zero-order chi connectivity index (χ0) is 13.1. The molecule has 0 aromatic rings. The first-order chi connectivity index (χ1) is 8.45. The molecule has 2 aliphatic carbocycles. The van der Waals surface area contributed by atoms with Crippen molar-refractivity contribution in [3.05, 3.63) is 24.3 Å². The van der Waals surface area contributed by atoms with Gasteiger partial charge in [0.25, 0.3) is 0 Å². The maximum absolute atomic E-state index is 11.7. The maximum atomic E-state index is 11.7. The van der Waals surface area contributed by atoms with Crippen LogP contribution in [-0.2, 0) is 9.53 Å². The summed E-state index contributed by atoms with van der Waals surface area (Å²) in [5, 5.41) is 10.3. The van der Waals surface area contributed by atoms with Crippen molar-refractivity contribution in [2.24, 2.45) is 17.3 Å². The largest absolute Gasteiger partial charge is 0.458 e. The summed E-state index contributed by atoms with van der Waals surface area (Å²) in [5.74, 6) is -0.0528. The quantitative estimate of drug-likeness (QED) is 0.406. The van der Waals surface area contributed by atoms with Crippen LogP contribution < -0.4 is 0 Å². The lowest BCUT2D eigenvalue weighted by atomic mass is 9.54. The Hall–Kier alpha value is -1.09. The van der Waals surface area contributed by atoms with Crippen molar-refractivity contribution in [3.63, 3.8) is 0 Å². The molecule has 3 fully saturated rings. The van der Waals surface area contributed by atoms with Gasteiger partial charge in [-0.3, -0.25) is 0 Å². The van der Waals surface area contributed by atoms with E-state index in [2.05, 4.69) is 20.1 Å². The lowest BCUT2D eigenvalue weighted by molar-refractivity contribution is -0.150. The fourth-order valence-corrected chi connectivity index (χ4v) is 4.15. The Kier molecular flexibility index (Phi) is 2.46. The average Bonchev–Trinajstić information content (AvgIpc) is 2.60. The molecule has 98 valence electrons.